The summed E-state index contributed by atoms with van der Waals surface area (Å²) in [5, 5.41) is 0. The van der Waals surface area contributed by atoms with Crippen molar-refractivity contribution in [1.82, 2.24) is 4.98 Å². The molecule has 0 bridgehead atoms. The Morgan fingerprint density at radius 1 is 0.917 bits per heavy atom. The molecule has 3 aromatic rings. The van der Waals surface area contributed by atoms with E-state index < -0.39 is 0 Å². The number of benzene rings is 2. The van der Waals surface area contributed by atoms with Crippen molar-refractivity contribution >= 4 is 0 Å². The second-order valence-electron chi connectivity index (χ2n) is 7.03. The zero-order valence-corrected chi connectivity index (χ0v) is 15.1. The van der Waals surface area contributed by atoms with E-state index in [1.165, 1.54) is 50.2 Å². The van der Waals surface area contributed by atoms with E-state index in [4.69, 9.17) is 4.98 Å². The van der Waals surface area contributed by atoms with Gasteiger partial charge in [0.1, 0.15) is 5.69 Å². The van der Waals surface area contributed by atoms with Crippen molar-refractivity contribution in [2.24, 2.45) is 7.05 Å². The van der Waals surface area contributed by atoms with Gasteiger partial charge in [-0.25, -0.2) is 4.57 Å². The van der Waals surface area contributed by atoms with E-state index in [-0.39, 0.29) is 0 Å². The number of hydrogen-bond acceptors (Lipinski definition) is 1. The lowest BCUT2D eigenvalue weighted by atomic mass is 9.99. The molecule has 1 heterocycles. The first-order valence-electron chi connectivity index (χ1n) is 8.52. The van der Waals surface area contributed by atoms with E-state index in [9.17, 15) is 0 Å². The van der Waals surface area contributed by atoms with Crippen molar-refractivity contribution < 1.29 is 4.57 Å². The molecule has 4 rings (SSSR count). The van der Waals surface area contributed by atoms with E-state index in [0.29, 0.717) is 0 Å². The predicted octanol–water partition coefficient (Wildman–Crippen LogP) is 4.38. The fraction of sp³-hybridized carbons (Fsp3) is 0.273. The summed E-state index contributed by atoms with van der Waals surface area (Å²) in [5.41, 5.74) is 12.0. The van der Waals surface area contributed by atoms with Gasteiger partial charge < -0.3 is 0 Å². The molecule has 0 N–H and O–H groups in total. The van der Waals surface area contributed by atoms with Crippen molar-refractivity contribution in [3.8, 4) is 22.5 Å². The molecule has 1 aliphatic rings. The number of rotatable bonds is 1. The van der Waals surface area contributed by atoms with Crippen LogP contribution in [0.3, 0.4) is 0 Å². The highest BCUT2D eigenvalue weighted by atomic mass is 15.0. The third kappa shape index (κ3) is 2.10. The van der Waals surface area contributed by atoms with Gasteiger partial charge in [0.25, 0.3) is 0 Å². The first-order chi connectivity index (χ1) is 11.5. The average Bonchev–Trinajstić information content (AvgIpc) is 2.93. The molecule has 0 spiro atoms. The summed E-state index contributed by atoms with van der Waals surface area (Å²) in [7, 11) is 2.15. The molecule has 1 aliphatic carbocycles. The quantitative estimate of drug-likeness (QED) is 0.476. The second-order valence-corrected chi connectivity index (χ2v) is 7.03. The van der Waals surface area contributed by atoms with Gasteiger partial charge in [-0.15, -0.1) is 0 Å². The molecule has 2 heteroatoms. The van der Waals surface area contributed by atoms with E-state index in [2.05, 4.69) is 75.8 Å². The minimum absolute atomic E-state index is 0.993. The molecule has 2 nitrogen and oxygen atoms in total. The zero-order valence-electron chi connectivity index (χ0n) is 15.1. The van der Waals surface area contributed by atoms with E-state index in [0.717, 1.165) is 12.2 Å². The smallest absolute Gasteiger partial charge is 0.229 e. The zero-order chi connectivity index (χ0) is 17.0. The maximum Gasteiger partial charge on any atom is 0.330 e. The Labute approximate surface area is 143 Å². The highest BCUT2D eigenvalue weighted by molar-refractivity contribution is 5.75. The van der Waals surface area contributed by atoms with Gasteiger partial charge in [0.05, 0.1) is 18.2 Å². The predicted molar refractivity (Wildman–Crippen MR) is 98.0 cm³/mol. The molecule has 24 heavy (non-hydrogen) atoms. The third-order valence-electron chi connectivity index (χ3n) is 5.45. The molecule has 0 radical (unpaired) electrons. The van der Waals surface area contributed by atoms with Crippen molar-refractivity contribution in [1.29, 1.82) is 0 Å². The Morgan fingerprint density at radius 3 is 2.50 bits per heavy atom. The molecular formula is C22H23N2+. The minimum atomic E-state index is 0.993. The molecule has 0 saturated heterocycles. The molecule has 0 fully saturated rings. The van der Waals surface area contributed by atoms with Gasteiger partial charge in [-0.05, 0) is 72.1 Å². The van der Waals surface area contributed by atoms with Crippen LogP contribution in [0.4, 0.5) is 0 Å². The largest absolute Gasteiger partial charge is 0.330 e. The summed E-state index contributed by atoms with van der Waals surface area (Å²) >= 11 is 0. The standard InChI is InChI=1S/C22H23N2/c1-13-9-15(3)16(4)19(10-13)22-23-12-20-17-8-6-7-14(2)18(17)11-21(20)24(22)5/h6-10,12H,11H2,1-5H3/q+1. The summed E-state index contributed by atoms with van der Waals surface area (Å²) in [5.74, 6) is 1.06. The number of nitrogens with zero attached hydrogens (tertiary/aromatic N) is 2. The third-order valence-corrected chi connectivity index (χ3v) is 5.45. The van der Waals surface area contributed by atoms with Gasteiger partial charge in [-0.2, -0.15) is 0 Å². The van der Waals surface area contributed by atoms with E-state index in [1.54, 1.807) is 0 Å². The summed E-state index contributed by atoms with van der Waals surface area (Å²) in [6.07, 6.45) is 3.06. The van der Waals surface area contributed by atoms with Crippen LogP contribution < -0.4 is 4.57 Å². The van der Waals surface area contributed by atoms with Crippen molar-refractivity contribution in [3.05, 3.63) is 70.0 Å². The highest BCUT2D eigenvalue weighted by Crippen LogP contribution is 2.37. The lowest BCUT2D eigenvalue weighted by Crippen LogP contribution is -2.37. The number of fused-ring (bicyclic) bond motifs is 3. The Hall–Kier alpha value is -2.48. The van der Waals surface area contributed by atoms with Crippen LogP contribution in [0.2, 0.25) is 0 Å². The molecule has 0 saturated carbocycles. The maximum atomic E-state index is 4.85. The summed E-state index contributed by atoms with van der Waals surface area (Å²) in [6, 6.07) is 11.1. The Morgan fingerprint density at radius 2 is 1.71 bits per heavy atom. The highest BCUT2D eigenvalue weighted by Gasteiger charge is 2.29. The van der Waals surface area contributed by atoms with Gasteiger partial charge in [0, 0.05) is 6.42 Å². The summed E-state index contributed by atoms with van der Waals surface area (Å²) in [6.45, 7) is 8.73. The molecule has 1 aromatic heterocycles. The van der Waals surface area contributed by atoms with Crippen LogP contribution >= 0.6 is 0 Å². The molecular weight excluding hydrogens is 292 g/mol. The van der Waals surface area contributed by atoms with Gasteiger partial charge in [0.15, 0.2) is 6.20 Å². The lowest BCUT2D eigenvalue weighted by Gasteiger charge is -2.10. The molecule has 0 atom stereocenters. The molecule has 0 unspecified atom stereocenters. The monoisotopic (exact) mass is 315 g/mol. The van der Waals surface area contributed by atoms with Crippen LogP contribution in [0.5, 0.6) is 0 Å². The number of aryl methyl sites for hydroxylation is 3. The number of aromatic nitrogens is 2. The molecule has 120 valence electrons. The molecule has 2 aromatic carbocycles. The summed E-state index contributed by atoms with van der Waals surface area (Å²) < 4.78 is 2.29. The SMILES string of the molecule is Cc1cc(C)c(C)c(-c2ncc3c([n+]2C)Cc2c(C)cccc2-3)c1. The van der Waals surface area contributed by atoms with Crippen LogP contribution in [-0.4, -0.2) is 4.98 Å². The van der Waals surface area contributed by atoms with Crippen molar-refractivity contribution in [2.45, 2.75) is 34.1 Å². The van der Waals surface area contributed by atoms with Crippen molar-refractivity contribution in [3.63, 3.8) is 0 Å². The fourth-order valence-electron chi connectivity index (χ4n) is 3.91. The van der Waals surface area contributed by atoms with Gasteiger partial charge in [0.2, 0.25) is 0 Å². The van der Waals surface area contributed by atoms with Crippen LogP contribution in [0.1, 0.15) is 33.5 Å². The van der Waals surface area contributed by atoms with Crippen LogP contribution in [-0.2, 0) is 13.5 Å². The normalized spacial score (nSPS) is 12.2. The molecule has 0 aliphatic heterocycles. The Bertz CT molecular complexity index is 984. The van der Waals surface area contributed by atoms with Crippen LogP contribution in [0, 0.1) is 27.7 Å². The Balaban J connectivity index is 1.94. The first-order valence-corrected chi connectivity index (χ1v) is 8.52. The lowest BCUT2D eigenvalue weighted by molar-refractivity contribution is -0.669. The van der Waals surface area contributed by atoms with Gasteiger partial charge >= 0.3 is 5.82 Å². The topological polar surface area (TPSA) is 16.8 Å². The van der Waals surface area contributed by atoms with Gasteiger partial charge in [-0.1, -0.05) is 24.3 Å². The molecule has 0 amide bonds. The second kappa shape index (κ2) is 5.27. The van der Waals surface area contributed by atoms with Crippen LogP contribution in [0.15, 0.2) is 36.5 Å². The van der Waals surface area contributed by atoms with Gasteiger partial charge in [-0.3, -0.25) is 0 Å². The number of hydrogen-bond donors (Lipinski definition) is 0. The fourth-order valence-corrected chi connectivity index (χ4v) is 3.91. The van der Waals surface area contributed by atoms with E-state index >= 15 is 0 Å². The van der Waals surface area contributed by atoms with Crippen molar-refractivity contribution in [2.75, 3.05) is 0 Å². The van der Waals surface area contributed by atoms with E-state index in [1.807, 2.05) is 0 Å². The minimum Gasteiger partial charge on any atom is -0.229 e. The van der Waals surface area contributed by atoms with Crippen LogP contribution in [0.25, 0.3) is 22.5 Å². The average molecular weight is 315 g/mol. The first kappa shape index (κ1) is 15.1. The maximum absolute atomic E-state index is 4.85. The summed E-state index contributed by atoms with van der Waals surface area (Å²) in [4.78, 5) is 4.85. The Kier molecular flexibility index (Phi) is 3.31.